The van der Waals surface area contributed by atoms with E-state index in [1.165, 1.54) is 6.42 Å². The maximum Gasteiger partial charge on any atom is 0.229 e. The second-order valence-corrected chi connectivity index (χ2v) is 7.85. The Bertz CT molecular complexity index is 470. The Morgan fingerprint density at radius 3 is 2.62 bits per heavy atom. The summed E-state index contributed by atoms with van der Waals surface area (Å²) in [6.45, 7) is 11.6. The number of nitrogens with one attached hydrogen (secondary N) is 1. The van der Waals surface area contributed by atoms with Crippen molar-refractivity contribution >= 4 is 0 Å². The molecule has 0 aromatic carbocycles. The molecule has 0 radical (unpaired) electrons. The molecule has 1 aromatic rings. The smallest absolute Gasteiger partial charge is 0.229 e. The van der Waals surface area contributed by atoms with Gasteiger partial charge in [-0.3, -0.25) is 0 Å². The maximum atomic E-state index is 9.94. The monoisotopic (exact) mass is 295 g/mol. The van der Waals surface area contributed by atoms with Crippen molar-refractivity contribution in [1.29, 1.82) is 0 Å². The van der Waals surface area contributed by atoms with E-state index in [1.807, 2.05) is 13.8 Å². The SMILES string of the molecule is CC1CC(C)(C)CC(CO)(NCc2noc(C(C)C)n2)C1. The van der Waals surface area contributed by atoms with Crippen molar-refractivity contribution in [2.45, 2.75) is 71.9 Å². The van der Waals surface area contributed by atoms with Gasteiger partial charge in [-0.15, -0.1) is 0 Å². The Morgan fingerprint density at radius 1 is 1.38 bits per heavy atom. The lowest BCUT2D eigenvalue weighted by Crippen LogP contribution is -2.55. The molecule has 1 aliphatic carbocycles. The first-order valence-electron chi connectivity index (χ1n) is 7.94. The van der Waals surface area contributed by atoms with Gasteiger partial charge in [-0.1, -0.05) is 39.8 Å². The first kappa shape index (κ1) is 16.4. The molecule has 2 N–H and O–H groups in total. The van der Waals surface area contributed by atoms with Gasteiger partial charge in [-0.25, -0.2) is 0 Å². The van der Waals surface area contributed by atoms with Crippen LogP contribution in [0.25, 0.3) is 0 Å². The van der Waals surface area contributed by atoms with Crippen LogP contribution in [0.4, 0.5) is 0 Å². The highest BCUT2D eigenvalue weighted by Gasteiger charge is 2.42. The van der Waals surface area contributed by atoms with Crippen LogP contribution in [0.15, 0.2) is 4.52 Å². The summed E-state index contributed by atoms with van der Waals surface area (Å²) in [6.07, 6.45) is 3.16. The fourth-order valence-electron chi connectivity index (χ4n) is 3.89. The topological polar surface area (TPSA) is 71.2 Å². The van der Waals surface area contributed by atoms with Crippen molar-refractivity contribution in [1.82, 2.24) is 15.5 Å². The van der Waals surface area contributed by atoms with E-state index in [-0.39, 0.29) is 23.5 Å². The van der Waals surface area contributed by atoms with E-state index in [2.05, 4.69) is 36.2 Å². The molecule has 2 atom stereocenters. The Kier molecular flexibility index (Phi) is 4.73. The van der Waals surface area contributed by atoms with Gasteiger partial charge in [0.1, 0.15) is 0 Å². The highest BCUT2D eigenvalue weighted by atomic mass is 16.5. The molecule has 1 saturated carbocycles. The zero-order valence-electron chi connectivity index (χ0n) is 13.9. The molecule has 2 rings (SSSR count). The van der Waals surface area contributed by atoms with Crippen molar-refractivity contribution < 1.29 is 9.63 Å². The second-order valence-electron chi connectivity index (χ2n) is 7.85. The average molecular weight is 295 g/mol. The molecule has 1 heterocycles. The molecule has 5 heteroatoms. The van der Waals surface area contributed by atoms with E-state index in [4.69, 9.17) is 4.52 Å². The zero-order valence-corrected chi connectivity index (χ0v) is 13.9. The molecule has 0 amide bonds. The minimum atomic E-state index is -0.236. The molecule has 1 fully saturated rings. The van der Waals surface area contributed by atoms with Gasteiger partial charge in [0, 0.05) is 11.5 Å². The number of hydrogen-bond acceptors (Lipinski definition) is 5. The summed E-state index contributed by atoms with van der Waals surface area (Å²) in [7, 11) is 0. The highest BCUT2D eigenvalue weighted by Crippen LogP contribution is 2.43. The third-order valence-corrected chi connectivity index (χ3v) is 4.36. The summed E-state index contributed by atoms with van der Waals surface area (Å²) in [6, 6.07) is 0. The van der Waals surface area contributed by atoms with Crippen molar-refractivity contribution in [3.63, 3.8) is 0 Å². The quantitative estimate of drug-likeness (QED) is 0.874. The van der Waals surface area contributed by atoms with Gasteiger partial charge in [0.25, 0.3) is 0 Å². The van der Waals surface area contributed by atoms with Crippen LogP contribution in [0.2, 0.25) is 0 Å². The van der Waals surface area contributed by atoms with Crippen molar-refractivity contribution in [2.24, 2.45) is 11.3 Å². The molecule has 0 saturated heterocycles. The standard InChI is InChI=1S/C16H29N3O2/c1-11(2)14-18-13(19-21-14)8-17-16(10-20)7-12(3)6-15(4,5)9-16/h11-12,17,20H,6-10H2,1-5H3. The van der Waals surface area contributed by atoms with Gasteiger partial charge in [0.15, 0.2) is 5.82 Å². The molecular formula is C16H29N3O2. The molecule has 1 aliphatic rings. The molecule has 1 aromatic heterocycles. The van der Waals surface area contributed by atoms with E-state index in [0.717, 1.165) is 12.8 Å². The zero-order chi connectivity index (χ0) is 15.7. The van der Waals surface area contributed by atoms with Gasteiger partial charge < -0.3 is 14.9 Å². The molecule has 120 valence electrons. The fraction of sp³-hybridized carbons (Fsp3) is 0.875. The predicted octanol–water partition coefficient (Wildman–Crippen LogP) is 2.86. The summed E-state index contributed by atoms with van der Waals surface area (Å²) in [5, 5.41) is 17.5. The normalized spacial score (nSPS) is 29.0. The van der Waals surface area contributed by atoms with E-state index in [0.29, 0.717) is 24.2 Å². The highest BCUT2D eigenvalue weighted by molar-refractivity contribution is 5.00. The summed E-state index contributed by atoms with van der Waals surface area (Å²) in [4.78, 5) is 4.39. The van der Waals surface area contributed by atoms with Crippen LogP contribution in [-0.4, -0.2) is 27.4 Å². The summed E-state index contributed by atoms with van der Waals surface area (Å²) in [5.41, 5.74) is 0.00747. The third kappa shape index (κ3) is 4.04. The van der Waals surface area contributed by atoms with Crippen LogP contribution in [0.1, 0.15) is 71.5 Å². The molecular weight excluding hydrogens is 266 g/mol. The summed E-state index contributed by atoms with van der Waals surface area (Å²) >= 11 is 0. The van der Waals surface area contributed by atoms with Crippen molar-refractivity contribution in [3.8, 4) is 0 Å². The molecule has 0 aliphatic heterocycles. The van der Waals surface area contributed by atoms with Crippen LogP contribution < -0.4 is 5.32 Å². The lowest BCUT2D eigenvalue weighted by Gasteiger charge is -2.47. The first-order valence-corrected chi connectivity index (χ1v) is 7.94. The summed E-state index contributed by atoms with van der Waals surface area (Å²) in [5.74, 6) is 2.18. The molecule has 0 spiro atoms. The number of nitrogens with zero attached hydrogens (tertiary/aromatic N) is 2. The second kappa shape index (κ2) is 6.05. The number of rotatable bonds is 5. The lowest BCUT2D eigenvalue weighted by molar-refractivity contribution is 0.0347. The molecule has 21 heavy (non-hydrogen) atoms. The number of aliphatic hydroxyl groups excluding tert-OH is 1. The Morgan fingerprint density at radius 2 is 2.10 bits per heavy atom. The van der Waals surface area contributed by atoms with Gasteiger partial charge in [-0.05, 0) is 30.6 Å². The van der Waals surface area contributed by atoms with Gasteiger partial charge in [0.2, 0.25) is 5.89 Å². The lowest BCUT2D eigenvalue weighted by atomic mass is 9.64. The van der Waals surface area contributed by atoms with Gasteiger partial charge in [-0.2, -0.15) is 4.98 Å². The minimum absolute atomic E-state index is 0.148. The van der Waals surface area contributed by atoms with Crippen LogP contribution in [0.3, 0.4) is 0 Å². The van der Waals surface area contributed by atoms with Crippen molar-refractivity contribution in [2.75, 3.05) is 6.61 Å². The Hall–Kier alpha value is -0.940. The van der Waals surface area contributed by atoms with E-state index >= 15 is 0 Å². The third-order valence-electron chi connectivity index (χ3n) is 4.36. The maximum absolute atomic E-state index is 9.94. The average Bonchev–Trinajstić information content (AvgIpc) is 2.83. The first-order chi connectivity index (χ1) is 9.75. The summed E-state index contributed by atoms with van der Waals surface area (Å²) < 4.78 is 5.23. The van der Waals surface area contributed by atoms with Crippen LogP contribution >= 0.6 is 0 Å². The van der Waals surface area contributed by atoms with E-state index < -0.39 is 0 Å². The van der Waals surface area contributed by atoms with E-state index in [9.17, 15) is 5.11 Å². The van der Waals surface area contributed by atoms with E-state index in [1.54, 1.807) is 0 Å². The predicted molar refractivity (Wildman–Crippen MR) is 81.8 cm³/mol. The fourth-order valence-corrected chi connectivity index (χ4v) is 3.89. The van der Waals surface area contributed by atoms with Gasteiger partial charge in [0.05, 0.1) is 13.2 Å². The van der Waals surface area contributed by atoms with Crippen LogP contribution in [0.5, 0.6) is 0 Å². The molecule has 5 nitrogen and oxygen atoms in total. The minimum Gasteiger partial charge on any atom is -0.394 e. The largest absolute Gasteiger partial charge is 0.394 e. The Labute approximate surface area is 127 Å². The molecule has 2 unspecified atom stereocenters. The number of aromatic nitrogens is 2. The number of hydrogen-bond donors (Lipinski definition) is 2. The van der Waals surface area contributed by atoms with Gasteiger partial charge >= 0.3 is 0 Å². The van der Waals surface area contributed by atoms with Crippen molar-refractivity contribution in [3.05, 3.63) is 11.7 Å². The van der Waals surface area contributed by atoms with Crippen LogP contribution in [-0.2, 0) is 6.54 Å². The molecule has 0 bridgehead atoms. The Balaban J connectivity index is 2.04. The number of aliphatic hydroxyl groups is 1. The van der Waals surface area contributed by atoms with Crippen LogP contribution in [0, 0.1) is 11.3 Å².